The van der Waals surface area contributed by atoms with Crippen LogP contribution in [-0.2, 0) is 11.2 Å². The number of benzene rings is 2. The van der Waals surface area contributed by atoms with E-state index in [0.717, 1.165) is 29.8 Å². The number of carbonyl (C=O) groups excluding carboxylic acids is 1. The lowest BCUT2D eigenvalue weighted by atomic mass is 9.94. The van der Waals surface area contributed by atoms with E-state index >= 15 is 0 Å². The van der Waals surface area contributed by atoms with Crippen LogP contribution in [0.5, 0.6) is 17.2 Å². The predicted molar refractivity (Wildman–Crippen MR) is 105 cm³/mol. The Hall–Kier alpha value is -3.19. The van der Waals surface area contributed by atoms with Gasteiger partial charge in [0.1, 0.15) is 5.75 Å². The number of primary amides is 1. The predicted octanol–water partition coefficient (Wildman–Crippen LogP) is 1.26. The van der Waals surface area contributed by atoms with Gasteiger partial charge in [0.15, 0.2) is 24.1 Å². The average molecular weight is 382 g/mol. The first-order chi connectivity index (χ1) is 13.6. The van der Waals surface area contributed by atoms with E-state index in [1.165, 1.54) is 16.6 Å². The van der Waals surface area contributed by atoms with E-state index in [2.05, 4.69) is 22.4 Å². The van der Waals surface area contributed by atoms with Gasteiger partial charge >= 0.3 is 0 Å². The van der Waals surface area contributed by atoms with E-state index in [1.54, 1.807) is 14.2 Å². The van der Waals surface area contributed by atoms with Crippen molar-refractivity contribution in [2.24, 2.45) is 5.73 Å². The Labute approximate surface area is 162 Å². The Bertz CT molecular complexity index is 1030. The SMILES string of the molecule is COc1ccc2[nH]c3c(c2c1)CC[NH2+][C@H]3c1ccc(OCC(N)=O)c(OC)c1. The smallest absolute Gasteiger partial charge is 0.255 e. The molecule has 0 unspecified atom stereocenters. The molecule has 2 heterocycles. The van der Waals surface area contributed by atoms with Gasteiger partial charge in [0.05, 0.1) is 26.5 Å². The first-order valence-corrected chi connectivity index (χ1v) is 9.21. The topological polar surface area (TPSA) is 103 Å². The molecule has 1 aliphatic rings. The molecule has 2 aromatic carbocycles. The van der Waals surface area contributed by atoms with Gasteiger partial charge in [0, 0.05) is 22.9 Å². The van der Waals surface area contributed by atoms with E-state index in [-0.39, 0.29) is 12.6 Å². The van der Waals surface area contributed by atoms with Crippen LogP contribution in [-0.4, -0.2) is 38.3 Å². The van der Waals surface area contributed by atoms with Crippen molar-refractivity contribution in [2.45, 2.75) is 12.5 Å². The second-order valence-electron chi connectivity index (χ2n) is 6.85. The maximum atomic E-state index is 11.0. The number of methoxy groups -OCH3 is 2. The second-order valence-corrected chi connectivity index (χ2v) is 6.85. The monoisotopic (exact) mass is 382 g/mol. The number of amides is 1. The number of hydrogen-bond donors (Lipinski definition) is 3. The summed E-state index contributed by atoms with van der Waals surface area (Å²) in [6.07, 6.45) is 0.996. The molecule has 7 heteroatoms. The minimum absolute atomic E-state index is 0.126. The summed E-state index contributed by atoms with van der Waals surface area (Å²) in [7, 11) is 3.27. The third kappa shape index (κ3) is 3.25. The molecular weight excluding hydrogens is 358 g/mol. The van der Waals surface area contributed by atoms with E-state index in [9.17, 15) is 4.79 Å². The fourth-order valence-corrected chi connectivity index (χ4v) is 3.87. The molecule has 0 aliphatic carbocycles. The number of nitrogens with one attached hydrogen (secondary N) is 1. The lowest BCUT2D eigenvalue weighted by molar-refractivity contribution is -0.690. The molecule has 28 heavy (non-hydrogen) atoms. The van der Waals surface area contributed by atoms with E-state index < -0.39 is 5.91 Å². The highest BCUT2D eigenvalue weighted by Gasteiger charge is 2.29. The number of hydrogen-bond acceptors (Lipinski definition) is 4. The van der Waals surface area contributed by atoms with Gasteiger partial charge < -0.3 is 30.2 Å². The lowest BCUT2D eigenvalue weighted by Crippen LogP contribution is -2.87. The van der Waals surface area contributed by atoms with Crippen LogP contribution in [0.15, 0.2) is 36.4 Å². The van der Waals surface area contributed by atoms with Crippen LogP contribution in [0.3, 0.4) is 0 Å². The van der Waals surface area contributed by atoms with E-state index in [0.29, 0.717) is 11.5 Å². The molecule has 4 rings (SSSR count). The number of rotatable bonds is 6. The van der Waals surface area contributed by atoms with Crippen molar-refractivity contribution in [3.63, 3.8) is 0 Å². The Morgan fingerprint density at radius 1 is 1.18 bits per heavy atom. The van der Waals surface area contributed by atoms with E-state index in [1.807, 2.05) is 24.3 Å². The minimum atomic E-state index is -0.523. The summed E-state index contributed by atoms with van der Waals surface area (Å²) in [5.41, 5.74) is 9.90. The Kier molecular flexibility index (Phi) is 4.83. The zero-order valence-electron chi connectivity index (χ0n) is 16.0. The molecule has 0 bridgehead atoms. The molecule has 1 aliphatic heterocycles. The number of nitrogens with two attached hydrogens (primary N) is 2. The zero-order valence-corrected chi connectivity index (χ0v) is 16.0. The summed E-state index contributed by atoms with van der Waals surface area (Å²) in [4.78, 5) is 14.6. The molecule has 5 N–H and O–H groups in total. The first-order valence-electron chi connectivity index (χ1n) is 9.21. The van der Waals surface area contributed by atoms with Gasteiger partial charge in [-0.2, -0.15) is 0 Å². The van der Waals surface area contributed by atoms with Crippen LogP contribution in [0.2, 0.25) is 0 Å². The van der Waals surface area contributed by atoms with E-state index in [4.69, 9.17) is 19.9 Å². The third-order valence-corrected chi connectivity index (χ3v) is 5.17. The van der Waals surface area contributed by atoms with Crippen molar-refractivity contribution in [2.75, 3.05) is 27.4 Å². The maximum Gasteiger partial charge on any atom is 0.255 e. The average Bonchev–Trinajstić information content (AvgIpc) is 3.09. The molecule has 0 fully saturated rings. The summed E-state index contributed by atoms with van der Waals surface area (Å²) in [5.74, 6) is 1.42. The molecule has 1 amide bonds. The van der Waals surface area contributed by atoms with Crippen LogP contribution in [0.1, 0.15) is 22.9 Å². The van der Waals surface area contributed by atoms with Crippen LogP contribution in [0.4, 0.5) is 0 Å². The molecule has 3 aromatic rings. The fourth-order valence-electron chi connectivity index (χ4n) is 3.87. The van der Waals surface area contributed by atoms with Gasteiger partial charge in [-0.15, -0.1) is 0 Å². The second kappa shape index (κ2) is 7.44. The number of ether oxygens (including phenoxy) is 3. The van der Waals surface area contributed by atoms with Crippen molar-refractivity contribution < 1.29 is 24.3 Å². The van der Waals surface area contributed by atoms with Crippen LogP contribution >= 0.6 is 0 Å². The summed E-state index contributed by atoms with van der Waals surface area (Å²) >= 11 is 0. The lowest BCUT2D eigenvalue weighted by Gasteiger charge is -2.22. The molecular formula is C21H24N3O4+. The number of quaternary nitrogens is 1. The highest BCUT2D eigenvalue weighted by atomic mass is 16.5. The number of carbonyl (C=O) groups is 1. The van der Waals surface area contributed by atoms with Gasteiger partial charge in [-0.3, -0.25) is 4.79 Å². The summed E-state index contributed by atoms with van der Waals surface area (Å²) < 4.78 is 16.3. The Morgan fingerprint density at radius 3 is 2.79 bits per heavy atom. The van der Waals surface area contributed by atoms with Gasteiger partial charge in [-0.05, 0) is 42.0 Å². The quantitative estimate of drug-likeness (QED) is 0.597. The summed E-state index contributed by atoms with van der Waals surface area (Å²) in [6, 6.07) is 12.0. The Morgan fingerprint density at radius 2 is 2.04 bits per heavy atom. The Balaban J connectivity index is 1.72. The normalized spacial score (nSPS) is 15.9. The van der Waals surface area contributed by atoms with Crippen molar-refractivity contribution in [3.8, 4) is 17.2 Å². The summed E-state index contributed by atoms with van der Waals surface area (Å²) in [6.45, 7) is 0.809. The maximum absolute atomic E-state index is 11.0. The van der Waals surface area contributed by atoms with Crippen LogP contribution < -0.4 is 25.3 Å². The minimum Gasteiger partial charge on any atom is -0.497 e. The van der Waals surface area contributed by atoms with Crippen molar-refractivity contribution in [1.82, 2.24) is 4.98 Å². The van der Waals surface area contributed by atoms with Gasteiger partial charge in [-0.25, -0.2) is 0 Å². The zero-order chi connectivity index (χ0) is 19.7. The van der Waals surface area contributed by atoms with Crippen LogP contribution in [0, 0.1) is 0 Å². The highest BCUT2D eigenvalue weighted by Crippen LogP contribution is 2.35. The van der Waals surface area contributed by atoms with Gasteiger partial charge in [0.25, 0.3) is 5.91 Å². The number of aromatic nitrogens is 1. The van der Waals surface area contributed by atoms with Crippen LogP contribution in [0.25, 0.3) is 10.9 Å². The third-order valence-electron chi connectivity index (χ3n) is 5.17. The summed E-state index contributed by atoms with van der Waals surface area (Å²) in [5, 5.41) is 3.52. The van der Waals surface area contributed by atoms with Gasteiger partial charge in [0.2, 0.25) is 0 Å². The van der Waals surface area contributed by atoms with Crippen molar-refractivity contribution in [1.29, 1.82) is 0 Å². The number of fused-ring (bicyclic) bond motifs is 3. The molecule has 0 saturated carbocycles. The molecule has 0 radical (unpaired) electrons. The molecule has 0 spiro atoms. The number of aromatic amines is 1. The fraction of sp³-hybridized carbons (Fsp3) is 0.286. The highest BCUT2D eigenvalue weighted by molar-refractivity contribution is 5.86. The molecule has 0 saturated heterocycles. The largest absolute Gasteiger partial charge is 0.497 e. The molecule has 146 valence electrons. The van der Waals surface area contributed by atoms with Gasteiger partial charge in [-0.1, -0.05) is 0 Å². The van der Waals surface area contributed by atoms with Crippen molar-refractivity contribution in [3.05, 3.63) is 53.2 Å². The van der Waals surface area contributed by atoms with Crippen molar-refractivity contribution >= 4 is 16.8 Å². The molecule has 1 atom stereocenters. The standard InChI is InChI=1S/C21H23N3O4/c1-26-13-4-5-16-15(10-13)14-7-8-23-20(21(14)24-16)12-3-6-17(18(9-12)27-2)28-11-19(22)25/h3-6,9-10,20,23-24H,7-8,11H2,1-2H3,(H2,22,25)/p+1/t20-/m0/s1. The number of H-pyrrole nitrogens is 1. The first kappa shape index (κ1) is 18.2. The molecule has 7 nitrogen and oxygen atoms in total. The molecule has 1 aromatic heterocycles.